The normalized spacial score (nSPS) is 25.0. The third kappa shape index (κ3) is 4.46. The van der Waals surface area contributed by atoms with Crippen LogP contribution in [0.15, 0.2) is 12.3 Å². The molecule has 1 aromatic heterocycles. The second kappa shape index (κ2) is 6.81. The molecule has 0 aliphatic heterocycles. The van der Waals surface area contributed by atoms with E-state index in [0.29, 0.717) is 18.8 Å². The molecule has 1 unspecified atom stereocenters. The zero-order valence-corrected chi connectivity index (χ0v) is 12.7. The zero-order chi connectivity index (χ0) is 15.5. The molecule has 1 heterocycles. The Bertz CT molecular complexity index is 434. The van der Waals surface area contributed by atoms with Crippen LogP contribution in [0.2, 0.25) is 0 Å². The Morgan fingerprint density at radius 3 is 2.48 bits per heavy atom. The van der Waals surface area contributed by atoms with Gasteiger partial charge >= 0.3 is 6.18 Å². The van der Waals surface area contributed by atoms with E-state index in [1.54, 1.807) is 4.68 Å². The number of aryl methyl sites for hydroxylation is 1. The van der Waals surface area contributed by atoms with Gasteiger partial charge in [0.05, 0.1) is 11.6 Å². The second-order valence-corrected chi connectivity index (χ2v) is 6.00. The van der Waals surface area contributed by atoms with Crippen molar-refractivity contribution in [2.24, 2.45) is 18.9 Å². The van der Waals surface area contributed by atoms with Gasteiger partial charge in [-0.25, -0.2) is 0 Å². The van der Waals surface area contributed by atoms with Crippen LogP contribution in [0.25, 0.3) is 0 Å². The molecule has 1 aliphatic rings. The highest BCUT2D eigenvalue weighted by Gasteiger charge is 2.42. The third-order valence-corrected chi connectivity index (χ3v) is 4.47. The Balaban J connectivity index is 1.93. The average molecular weight is 303 g/mol. The van der Waals surface area contributed by atoms with E-state index >= 15 is 0 Å². The van der Waals surface area contributed by atoms with Crippen molar-refractivity contribution in [2.45, 2.75) is 51.2 Å². The van der Waals surface area contributed by atoms with E-state index in [4.69, 9.17) is 0 Å². The molecule has 120 valence electrons. The van der Waals surface area contributed by atoms with Crippen molar-refractivity contribution in [1.82, 2.24) is 15.1 Å². The highest BCUT2D eigenvalue weighted by Crippen LogP contribution is 2.40. The van der Waals surface area contributed by atoms with Crippen LogP contribution in [0.4, 0.5) is 13.2 Å². The highest BCUT2D eigenvalue weighted by molar-refractivity contribution is 5.02. The van der Waals surface area contributed by atoms with Crippen molar-refractivity contribution in [3.8, 4) is 0 Å². The van der Waals surface area contributed by atoms with E-state index in [2.05, 4.69) is 10.4 Å². The molecule has 1 atom stereocenters. The van der Waals surface area contributed by atoms with Crippen LogP contribution in [0.5, 0.6) is 0 Å². The lowest BCUT2D eigenvalue weighted by Crippen LogP contribution is -2.41. The van der Waals surface area contributed by atoms with Crippen molar-refractivity contribution in [1.29, 1.82) is 0 Å². The van der Waals surface area contributed by atoms with E-state index in [1.165, 1.54) is 0 Å². The first-order valence-electron chi connectivity index (χ1n) is 7.68. The first-order chi connectivity index (χ1) is 9.90. The number of halogens is 3. The number of nitrogens with one attached hydrogen (secondary N) is 1. The van der Waals surface area contributed by atoms with Crippen LogP contribution in [0.3, 0.4) is 0 Å². The Kier molecular flexibility index (Phi) is 5.30. The van der Waals surface area contributed by atoms with Gasteiger partial charge < -0.3 is 5.32 Å². The first kappa shape index (κ1) is 16.3. The number of hydrogen-bond acceptors (Lipinski definition) is 2. The van der Waals surface area contributed by atoms with Crippen molar-refractivity contribution in [3.05, 3.63) is 18.0 Å². The summed E-state index contributed by atoms with van der Waals surface area (Å²) in [6.45, 7) is 2.86. The highest BCUT2D eigenvalue weighted by atomic mass is 19.4. The van der Waals surface area contributed by atoms with Crippen LogP contribution >= 0.6 is 0 Å². The smallest absolute Gasteiger partial charge is 0.314 e. The summed E-state index contributed by atoms with van der Waals surface area (Å²) < 4.78 is 40.0. The fourth-order valence-corrected chi connectivity index (χ4v) is 3.31. The maximum Gasteiger partial charge on any atom is 0.391 e. The maximum absolute atomic E-state index is 12.7. The van der Waals surface area contributed by atoms with Gasteiger partial charge in [-0.3, -0.25) is 4.68 Å². The molecule has 21 heavy (non-hydrogen) atoms. The fraction of sp³-hybridized carbons (Fsp3) is 0.800. The second-order valence-electron chi connectivity index (χ2n) is 6.00. The summed E-state index contributed by atoms with van der Waals surface area (Å²) >= 11 is 0. The van der Waals surface area contributed by atoms with Gasteiger partial charge in [0, 0.05) is 25.7 Å². The van der Waals surface area contributed by atoms with Crippen LogP contribution in [-0.4, -0.2) is 28.5 Å². The summed E-state index contributed by atoms with van der Waals surface area (Å²) in [5.41, 5.74) is 1.00. The molecule has 1 N–H and O–H groups in total. The molecular formula is C15H24F3N3. The van der Waals surface area contributed by atoms with Crippen LogP contribution < -0.4 is 5.32 Å². The third-order valence-electron chi connectivity index (χ3n) is 4.47. The molecule has 0 radical (unpaired) electrons. The monoisotopic (exact) mass is 303 g/mol. The number of likely N-dealkylation sites (N-methyl/N-ethyl adjacent to an activating group) is 1. The largest absolute Gasteiger partial charge is 0.391 e. The van der Waals surface area contributed by atoms with Gasteiger partial charge in [0.2, 0.25) is 0 Å². The van der Waals surface area contributed by atoms with E-state index in [0.717, 1.165) is 18.7 Å². The molecule has 0 bridgehead atoms. The lowest BCUT2D eigenvalue weighted by molar-refractivity contribution is -0.184. The Hall–Kier alpha value is -1.04. The predicted octanol–water partition coefficient (Wildman–Crippen LogP) is 3.31. The molecule has 0 amide bonds. The van der Waals surface area contributed by atoms with Gasteiger partial charge in [0.1, 0.15) is 0 Å². The molecule has 1 aliphatic carbocycles. The van der Waals surface area contributed by atoms with Gasteiger partial charge in [-0.15, -0.1) is 0 Å². The minimum absolute atomic E-state index is 0.221. The molecule has 0 spiro atoms. The van der Waals surface area contributed by atoms with E-state index < -0.39 is 12.1 Å². The number of hydrogen-bond donors (Lipinski definition) is 1. The number of rotatable bonds is 5. The van der Waals surface area contributed by atoms with Crippen LogP contribution in [-0.2, 0) is 13.5 Å². The van der Waals surface area contributed by atoms with Crippen LogP contribution in [0, 0.1) is 11.8 Å². The van der Waals surface area contributed by atoms with E-state index in [9.17, 15) is 13.2 Å². The quantitative estimate of drug-likeness (QED) is 0.904. The van der Waals surface area contributed by atoms with Gasteiger partial charge in [-0.2, -0.15) is 18.3 Å². The SMILES string of the molecule is CCNC(Cc1ccn(C)n1)C1CCC(C(F)(F)F)CC1. The Morgan fingerprint density at radius 2 is 2.00 bits per heavy atom. The van der Waals surface area contributed by atoms with Gasteiger partial charge in [0.15, 0.2) is 0 Å². The standard InChI is InChI=1S/C15H24F3N3/c1-3-19-14(10-13-8-9-21(2)20-13)11-4-6-12(7-5-11)15(16,17)18/h8-9,11-12,14,19H,3-7,10H2,1-2H3. The summed E-state index contributed by atoms with van der Waals surface area (Å²) in [6.07, 6.45) is 0.481. The van der Waals surface area contributed by atoms with E-state index in [1.807, 2.05) is 26.2 Å². The summed E-state index contributed by atoms with van der Waals surface area (Å²) in [5, 5.41) is 7.81. The van der Waals surface area contributed by atoms with E-state index in [-0.39, 0.29) is 18.9 Å². The predicted molar refractivity (Wildman–Crippen MR) is 75.9 cm³/mol. The lowest BCUT2D eigenvalue weighted by atomic mass is 9.77. The van der Waals surface area contributed by atoms with Crippen molar-refractivity contribution < 1.29 is 13.2 Å². The molecule has 1 aromatic rings. The Labute approximate surface area is 123 Å². The van der Waals surface area contributed by atoms with Crippen molar-refractivity contribution >= 4 is 0 Å². The molecule has 1 saturated carbocycles. The van der Waals surface area contributed by atoms with Crippen LogP contribution in [0.1, 0.15) is 38.3 Å². The topological polar surface area (TPSA) is 29.9 Å². The van der Waals surface area contributed by atoms with Gasteiger partial charge in [-0.05, 0) is 44.2 Å². The molecular weight excluding hydrogens is 279 g/mol. The summed E-state index contributed by atoms with van der Waals surface area (Å²) in [4.78, 5) is 0. The summed E-state index contributed by atoms with van der Waals surface area (Å²) in [5.74, 6) is -0.795. The number of nitrogens with zero attached hydrogens (tertiary/aromatic N) is 2. The minimum atomic E-state index is -4.03. The maximum atomic E-state index is 12.7. The lowest BCUT2D eigenvalue weighted by Gasteiger charge is -2.34. The average Bonchev–Trinajstić information content (AvgIpc) is 2.83. The molecule has 0 aromatic carbocycles. The number of alkyl halides is 3. The van der Waals surface area contributed by atoms with Crippen molar-refractivity contribution in [2.75, 3.05) is 6.54 Å². The summed E-state index contributed by atoms with van der Waals surface area (Å²) in [6, 6.07) is 2.20. The number of aromatic nitrogens is 2. The molecule has 3 nitrogen and oxygen atoms in total. The molecule has 1 fully saturated rings. The Morgan fingerprint density at radius 1 is 1.33 bits per heavy atom. The zero-order valence-electron chi connectivity index (χ0n) is 12.7. The van der Waals surface area contributed by atoms with Crippen molar-refractivity contribution in [3.63, 3.8) is 0 Å². The molecule has 2 rings (SSSR count). The first-order valence-corrected chi connectivity index (χ1v) is 7.68. The molecule has 6 heteroatoms. The fourth-order valence-electron chi connectivity index (χ4n) is 3.31. The molecule has 0 saturated heterocycles. The summed E-state index contributed by atoms with van der Waals surface area (Å²) in [7, 11) is 1.88. The van der Waals surface area contributed by atoms with Gasteiger partial charge in [-0.1, -0.05) is 6.92 Å². The van der Waals surface area contributed by atoms with Gasteiger partial charge in [0.25, 0.3) is 0 Å². The minimum Gasteiger partial charge on any atom is -0.314 e.